The van der Waals surface area contributed by atoms with Gasteiger partial charge in [-0.3, -0.25) is 19.2 Å². The third kappa shape index (κ3) is 11.2. The summed E-state index contributed by atoms with van der Waals surface area (Å²) in [5.41, 5.74) is 17.2. The number of hydrogen-bond acceptors (Lipinski definition) is 9. The number of nitrogens with zero attached hydrogens (tertiary/aromatic N) is 2. The maximum absolute atomic E-state index is 14.2. The molecule has 2 fully saturated rings. The first-order chi connectivity index (χ1) is 26.1. The van der Waals surface area contributed by atoms with Gasteiger partial charge in [0.25, 0.3) is 0 Å². The third-order valence-corrected chi connectivity index (χ3v) is 12.0. The van der Waals surface area contributed by atoms with E-state index in [2.05, 4.69) is 27.8 Å². The topological polar surface area (TPSA) is 190 Å². The molecule has 1 saturated heterocycles. The maximum atomic E-state index is 14.2. The molecule has 0 radical (unpaired) electrons. The molecule has 1 saturated carbocycles. The summed E-state index contributed by atoms with van der Waals surface area (Å²) < 4.78 is 5.91. The number of aromatic nitrogens is 1. The molecule has 7 N–H and O–H groups in total. The molecule has 13 heteroatoms. The number of aliphatic hydroxyl groups is 1. The van der Waals surface area contributed by atoms with Crippen LogP contribution in [0.5, 0.6) is 0 Å². The van der Waals surface area contributed by atoms with E-state index in [0.717, 1.165) is 58.5 Å². The third-order valence-electron chi connectivity index (χ3n) is 11.0. The number of aliphatic hydroxyl groups excluding tert-OH is 1. The summed E-state index contributed by atoms with van der Waals surface area (Å²) in [6, 6.07) is 14.2. The monoisotopic (exact) mass is 774 g/mol. The Kier molecular flexibility index (Phi) is 13.9. The second-order valence-electron chi connectivity index (χ2n) is 16.5. The Balaban J connectivity index is 1.12. The number of β-amino-alcohol motifs (C(OH)–C–C–N with tert-alkyl or cyclic N) is 1. The van der Waals surface area contributed by atoms with E-state index in [9.17, 15) is 24.3 Å². The summed E-state index contributed by atoms with van der Waals surface area (Å²) in [4.78, 5) is 59.4. The Morgan fingerprint density at radius 1 is 1.05 bits per heavy atom. The molecule has 2 aromatic carbocycles. The van der Waals surface area contributed by atoms with Crippen LogP contribution < -0.4 is 22.1 Å². The van der Waals surface area contributed by atoms with Crippen LogP contribution in [0.15, 0.2) is 54.0 Å². The molecule has 2 heterocycles. The first-order valence-corrected chi connectivity index (χ1v) is 20.2. The Labute approximate surface area is 328 Å². The molecule has 0 unspecified atom stereocenters. The number of hydrogen-bond donors (Lipinski definition) is 5. The molecule has 3 aromatic rings. The minimum Gasteiger partial charge on any atom is -0.391 e. The molecule has 5 atom stereocenters. The quantitative estimate of drug-likeness (QED) is 0.125. The van der Waals surface area contributed by atoms with Crippen molar-refractivity contribution in [1.29, 1.82) is 0 Å². The fourth-order valence-electron chi connectivity index (χ4n) is 7.13. The van der Waals surface area contributed by atoms with Gasteiger partial charge in [-0.05, 0) is 80.0 Å². The number of carbonyl (C=O) groups excluding carboxylic acids is 4. The first kappa shape index (κ1) is 42.0. The minimum absolute atomic E-state index is 0.0296. The predicted molar refractivity (Wildman–Crippen MR) is 213 cm³/mol. The molecule has 4 amide bonds. The highest BCUT2D eigenvalue weighted by atomic mass is 32.1. The molecule has 0 bridgehead atoms. The number of carbonyl (C=O) groups is 4. The lowest BCUT2D eigenvalue weighted by Gasteiger charge is -2.36. The van der Waals surface area contributed by atoms with Gasteiger partial charge in [0.05, 0.1) is 34.9 Å². The SMILES string of the molecule is Cc1ncsc1-c1ccc(CNC(=O)[C@@H]2C[C@@H](O)CN2C(=O)[C@@H](NC(=O)C2(CCCc3ccc(CO[C@H](C)[C@@H](N)CCC(N)=O)cc3)CC2)C(C)(C)C)cc1. The Bertz CT molecular complexity index is 1780. The van der Waals surface area contributed by atoms with Crippen molar-refractivity contribution in [2.24, 2.45) is 22.3 Å². The number of primary amides is 1. The zero-order valence-corrected chi connectivity index (χ0v) is 33.6. The Hall–Kier alpha value is -4.17. The van der Waals surface area contributed by atoms with E-state index < -0.39 is 29.0 Å². The zero-order chi connectivity index (χ0) is 39.9. The van der Waals surface area contributed by atoms with Crippen molar-refractivity contribution >= 4 is 35.0 Å². The van der Waals surface area contributed by atoms with Crippen LogP contribution >= 0.6 is 11.3 Å². The van der Waals surface area contributed by atoms with E-state index in [-0.39, 0.29) is 61.7 Å². The minimum atomic E-state index is -0.865. The van der Waals surface area contributed by atoms with E-state index in [1.807, 2.05) is 76.5 Å². The summed E-state index contributed by atoms with van der Waals surface area (Å²) in [5, 5.41) is 16.7. The van der Waals surface area contributed by atoms with Crippen LogP contribution in [0.3, 0.4) is 0 Å². The van der Waals surface area contributed by atoms with Gasteiger partial charge in [0.15, 0.2) is 0 Å². The number of nitrogens with one attached hydrogen (secondary N) is 2. The van der Waals surface area contributed by atoms with Gasteiger partial charge in [-0.15, -0.1) is 11.3 Å². The van der Waals surface area contributed by atoms with Gasteiger partial charge in [0.2, 0.25) is 23.6 Å². The summed E-state index contributed by atoms with van der Waals surface area (Å²) >= 11 is 1.58. The molecule has 1 aliphatic heterocycles. The van der Waals surface area contributed by atoms with Gasteiger partial charge in [0.1, 0.15) is 12.1 Å². The van der Waals surface area contributed by atoms with E-state index in [4.69, 9.17) is 16.2 Å². The number of ether oxygens (including phenoxy) is 1. The highest BCUT2D eigenvalue weighted by molar-refractivity contribution is 7.13. The predicted octanol–water partition coefficient (Wildman–Crippen LogP) is 4.53. The number of amides is 4. The van der Waals surface area contributed by atoms with E-state index >= 15 is 0 Å². The highest BCUT2D eigenvalue weighted by Gasteiger charge is 2.52. The second-order valence-corrected chi connectivity index (χ2v) is 17.3. The van der Waals surface area contributed by atoms with Gasteiger partial charge >= 0.3 is 0 Å². The zero-order valence-electron chi connectivity index (χ0n) is 32.8. The Morgan fingerprint density at radius 2 is 1.71 bits per heavy atom. The average molecular weight is 775 g/mol. The molecule has 12 nitrogen and oxygen atoms in total. The molecule has 5 rings (SSSR count). The number of aryl methyl sites for hydroxylation is 2. The molecule has 0 spiro atoms. The van der Waals surface area contributed by atoms with Crippen LogP contribution in [0, 0.1) is 17.8 Å². The number of nitrogens with two attached hydrogens (primary N) is 2. The second kappa shape index (κ2) is 18.2. The number of benzene rings is 2. The average Bonchev–Trinajstić information content (AvgIpc) is 3.65. The van der Waals surface area contributed by atoms with Gasteiger partial charge < -0.3 is 36.8 Å². The molecular weight excluding hydrogens is 717 g/mol. The highest BCUT2D eigenvalue weighted by Crippen LogP contribution is 2.50. The molecule has 2 aliphatic rings. The summed E-state index contributed by atoms with van der Waals surface area (Å²) in [7, 11) is 0. The number of rotatable bonds is 18. The van der Waals surface area contributed by atoms with Crippen LogP contribution in [-0.4, -0.2) is 75.5 Å². The summed E-state index contributed by atoms with van der Waals surface area (Å²) in [6.45, 7) is 10.3. The van der Waals surface area contributed by atoms with Crippen molar-refractivity contribution in [1.82, 2.24) is 20.5 Å². The van der Waals surface area contributed by atoms with Crippen LogP contribution in [0.25, 0.3) is 10.4 Å². The molecular formula is C42H58N6O6S. The summed E-state index contributed by atoms with van der Waals surface area (Å²) in [6.07, 6.45) is 3.65. The lowest BCUT2D eigenvalue weighted by molar-refractivity contribution is -0.144. The lowest BCUT2D eigenvalue weighted by Crippen LogP contribution is -2.58. The first-order valence-electron chi connectivity index (χ1n) is 19.4. The maximum Gasteiger partial charge on any atom is 0.246 e. The molecule has 1 aliphatic carbocycles. The van der Waals surface area contributed by atoms with Gasteiger partial charge in [-0.25, -0.2) is 4.98 Å². The van der Waals surface area contributed by atoms with Gasteiger partial charge in [0, 0.05) is 37.4 Å². The summed E-state index contributed by atoms with van der Waals surface area (Å²) in [5.74, 6) is -1.19. The van der Waals surface area contributed by atoms with Gasteiger partial charge in [-0.2, -0.15) is 0 Å². The lowest BCUT2D eigenvalue weighted by atomic mass is 9.84. The van der Waals surface area contributed by atoms with Crippen LogP contribution in [-0.2, 0) is 43.5 Å². The smallest absolute Gasteiger partial charge is 0.246 e. The van der Waals surface area contributed by atoms with Crippen molar-refractivity contribution < 1.29 is 29.0 Å². The van der Waals surface area contributed by atoms with Crippen LogP contribution in [0.4, 0.5) is 0 Å². The Morgan fingerprint density at radius 3 is 2.31 bits per heavy atom. The van der Waals surface area contributed by atoms with Crippen molar-refractivity contribution in [3.05, 3.63) is 76.4 Å². The normalized spacial score (nSPS) is 19.4. The van der Waals surface area contributed by atoms with Crippen LogP contribution in [0.2, 0.25) is 0 Å². The van der Waals surface area contributed by atoms with E-state index in [1.165, 1.54) is 4.90 Å². The van der Waals surface area contributed by atoms with Crippen molar-refractivity contribution in [3.8, 4) is 10.4 Å². The molecule has 298 valence electrons. The van der Waals surface area contributed by atoms with Gasteiger partial charge in [-0.1, -0.05) is 69.3 Å². The van der Waals surface area contributed by atoms with Crippen LogP contribution in [0.1, 0.15) is 95.0 Å². The molecule has 55 heavy (non-hydrogen) atoms. The fraction of sp³-hybridized carbons (Fsp3) is 0.548. The fourth-order valence-corrected chi connectivity index (χ4v) is 7.95. The van der Waals surface area contributed by atoms with Crippen molar-refractivity contribution in [2.75, 3.05) is 6.54 Å². The largest absolute Gasteiger partial charge is 0.391 e. The van der Waals surface area contributed by atoms with Crippen molar-refractivity contribution in [3.63, 3.8) is 0 Å². The standard InChI is InChI=1S/C42H58N6O6S/c1-26-36(55-25-46-26)31-14-12-29(13-15-31)22-45-38(51)34-21-32(49)23-48(34)39(52)37(41(3,4)5)47-40(53)42(19-20-42)18-6-7-28-8-10-30(11-9-28)24-54-27(2)33(43)16-17-35(44)50/h8-15,25,27,32-34,37,49H,6-7,16-24,43H2,1-5H3,(H2,44,50)(H,45,51)(H,47,53)/t27-,32-,33+,34+,37-/m1/s1. The number of likely N-dealkylation sites (tertiary alicyclic amines) is 1. The van der Waals surface area contributed by atoms with Crippen molar-refractivity contribution in [2.45, 2.75) is 129 Å². The molecule has 1 aromatic heterocycles. The number of thiazole rings is 1. The van der Waals surface area contributed by atoms with E-state index in [1.54, 1.807) is 11.3 Å². The van der Waals surface area contributed by atoms with E-state index in [0.29, 0.717) is 19.4 Å².